The monoisotopic (exact) mass is 443 g/mol. The van der Waals surface area contributed by atoms with Crippen LogP contribution >= 0.6 is 0 Å². The Labute approximate surface area is 192 Å². The summed E-state index contributed by atoms with van der Waals surface area (Å²) in [5.41, 5.74) is 4.19. The van der Waals surface area contributed by atoms with Crippen LogP contribution in [0.25, 0.3) is 22.3 Å². The quantitative estimate of drug-likeness (QED) is 0.392. The molecule has 1 aliphatic heterocycles. The summed E-state index contributed by atoms with van der Waals surface area (Å²) in [7, 11) is 0. The van der Waals surface area contributed by atoms with Crippen LogP contribution in [0.1, 0.15) is 30.5 Å². The van der Waals surface area contributed by atoms with Crippen LogP contribution in [0, 0.1) is 11.7 Å². The van der Waals surface area contributed by atoms with E-state index in [1.54, 1.807) is 6.07 Å². The third-order valence-corrected chi connectivity index (χ3v) is 6.75. The fraction of sp³-hybridized carbons (Fsp3) is 0.250. The average Bonchev–Trinajstić information content (AvgIpc) is 3.19. The van der Waals surface area contributed by atoms with E-state index in [0.717, 1.165) is 16.5 Å². The van der Waals surface area contributed by atoms with Crippen molar-refractivity contribution in [3.05, 3.63) is 95.3 Å². The van der Waals surface area contributed by atoms with Crippen LogP contribution in [-0.4, -0.2) is 29.1 Å². The number of benzene rings is 3. The van der Waals surface area contributed by atoms with Crippen molar-refractivity contribution < 1.29 is 18.7 Å². The minimum Gasteiger partial charge on any atom is -0.481 e. The molecule has 0 radical (unpaired) electrons. The van der Waals surface area contributed by atoms with Gasteiger partial charge in [-0.25, -0.2) is 4.39 Å². The number of likely N-dealkylation sites (tertiary alicyclic amines) is 1. The zero-order valence-electron chi connectivity index (χ0n) is 18.7. The molecule has 1 N–H and O–H groups in total. The van der Waals surface area contributed by atoms with E-state index in [1.165, 1.54) is 17.2 Å². The summed E-state index contributed by atoms with van der Waals surface area (Å²) in [6, 6.07) is 23.5. The molecule has 2 heterocycles. The lowest BCUT2D eigenvalue weighted by Gasteiger charge is -2.36. The number of hydrogen-bond acceptors (Lipinski definition) is 3. The number of carboxylic acid groups (broad SMARTS) is 1. The Bertz CT molecular complexity index is 1320. The van der Waals surface area contributed by atoms with Gasteiger partial charge in [0.1, 0.15) is 17.2 Å². The van der Waals surface area contributed by atoms with Crippen LogP contribution in [0.3, 0.4) is 0 Å². The molecule has 1 saturated heterocycles. The maximum atomic E-state index is 15.0. The summed E-state index contributed by atoms with van der Waals surface area (Å²) >= 11 is 0. The number of halogens is 1. The molecule has 0 atom stereocenters. The highest BCUT2D eigenvalue weighted by molar-refractivity contribution is 5.84. The molecule has 0 aliphatic carbocycles. The van der Waals surface area contributed by atoms with Gasteiger partial charge in [0.05, 0.1) is 11.5 Å². The summed E-state index contributed by atoms with van der Waals surface area (Å²) in [4.78, 5) is 13.0. The van der Waals surface area contributed by atoms with Crippen molar-refractivity contribution >= 4 is 16.9 Å². The Kier molecular flexibility index (Phi) is 5.29. The first-order chi connectivity index (χ1) is 15.8. The van der Waals surface area contributed by atoms with Gasteiger partial charge in [-0.1, -0.05) is 56.3 Å². The predicted octanol–water partition coefficient (Wildman–Crippen LogP) is 6.08. The number of furan rings is 1. The maximum absolute atomic E-state index is 15.0. The second kappa shape index (κ2) is 8.16. The largest absolute Gasteiger partial charge is 0.481 e. The molecule has 1 aliphatic rings. The number of fused-ring (bicyclic) bond motifs is 1. The topological polar surface area (TPSA) is 53.7 Å². The first-order valence-corrected chi connectivity index (χ1v) is 11.1. The van der Waals surface area contributed by atoms with E-state index in [0.29, 0.717) is 31.0 Å². The Balaban J connectivity index is 1.38. The van der Waals surface area contributed by atoms with Crippen molar-refractivity contribution in [2.24, 2.45) is 5.92 Å². The van der Waals surface area contributed by atoms with Gasteiger partial charge in [-0.05, 0) is 47.0 Å². The highest BCUT2D eigenvalue weighted by atomic mass is 19.1. The summed E-state index contributed by atoms with van der Waals surface area (Å²) in [5.74, 6) is -0.931. The molecule has 168 valence electrons. The molecule has 0 spiro atoms. The first kappa shape index (κ1) is 21.4. The fourth-order valence-electron chi connectivity index (χ4n) is 4.56. The number of hydrogen-bond donors (Lipinski definition) is 1. The van der Waals surface area contributed by atoms with E-state index in [-0.39, 0.29) is 17.2 Å². The summed E-state index contributed by atoms with van der Waals surface area (Å²) < 4.78 is 20.9. The van der Waals surface area contributed by atoms with E-state index >= 15 is 0 Å². The average molecular weight is 444 g/mol. The highest BCUT2D eigenvalue weighted by Gasteiger charge is 2.32. The van der Waals surface area contributed by atoms with Crippen molar-refractivity contribution in [2.45, 2.75) is 25.8 Å². The lowest BCUT2D eigenvalue weighted by molar-refractivity contribution is -0.147. The smallest absolute Gasteiger partial charge is 0.309 e. The minimum absolute atomic E-state index is 0.170. The van der Waals surface area contributed by atoms with E-state index in [4.69, 9.17) is 9.52 Å². The van der Waals surface area contributed by atoms with Gasteiger partial charge in [-0.15, -0.1) is 0 Å². The lowest BCUT2D eigenvalue weighted by Crippen LogP contribution is -2.49. The minimum atomic E-state index is -0.770. The van der Waals surface area contributed by atoms with E-state index < -0.39 is 5.97 Å². The van der Waals surface area contributed by atoms with Gasteiger partial charge < -0.3 is 9.52 Å². The van der Waals surface area contributed by atoms with Crippen LogP contribution in [0.2, 0.25) is 0 Å². The van der Waals surface area contributed by atoms with Crippen molar-refractivity contribution in [1.29, 1.82) is 0 Å². The summed E-state index contributed by atoms with van der Waals surface area (Å²) in [6.45, 7) is 5.94. The van der Waals surface area contributed by atoms with Crippen molar-refractivity contribution in [1.82, 2.24) is 4.90 Å². The highest BCUT2D eigenvalue weighted by Crippen LogP contribution is 2.36. The Morgan fingerprint density at radius 1 is 1.03 bits per heavy atom. The molecule has 0 amide bonds. The number of nitrogens with zero attached hydrogens (tertiary/aromatic N) is 1. The molecule has 3 aromatic carbocycles. The Hall–Kier alpha value is -3.44. The molecule has 0 unspecified atom stereocenters. The van der Waals surface area contributed by atoms with Crippen LogP contribution in [0.15, 0.2) is 77.2 Å². The number of carbonyl (C=O) groups is 1. The second-order valence-corrected chi connectivity index (χ2v) is 9.40. The van der Waals surface area contributed by atoms with Gasteiger partial charge >= 0.3 is 5.97 Å². The Morgan fingerprint density at radius 3 is 2.48 bits per heavy atom. The molecule has 5 rings (SSSR count). The third kappa shape index (κ3) is 4.05. The van der Waals surface area contributed by atoms with E-state index in [1.807, 2.05) is 41.3 Å². The SMILES string of the molecule is CC(C)(c1ccccc1)c1ccc2oc(-c3ccc(CN4CC(C(=O)O)C4)cc3F)cc2c1. The van der Waals surface area contributed by atoms with Crippen molar-refractivity contribution in [3.8, 4) is 11.3 Å². The fourth-order valence-corrected chi connectivity index (χ4v) is 4.56. The third-order valence-electron chi connectivity index (χ3n) is 6.75. The molecule has 4 aromatic rings. The predicted molar refractivity (Wildman–Crippen MR) is 127 cm³/mol. The second-order valence-electron chi connectivity index (χ2n) is 9.40. The lowest BCUT2D eigenvalue weighted by atomic mass is 9.78. The van der Waals surface area contributed by atoms with Crippen molar-refractivity contribution in [3.63, 3.8) is 0 Å². The maximum Gasteiger partial charge on any atom is 0.309 e. The van der Waals surface area contributed by atoms with Crippen LogP contribution in [-0.2, 0) is 16.8 Å². The van der Waals surface area contributed by atoms with Gasteiger partial charge in [-0.2, -0.15) is 0 Å². The number of carboxylic acids is 1. The Morgan fingerprint density at radius 2 is 1.79 bits per heavy atom. The molecule has 0 saturated carbocycles. The molecule has 0 bridgehead atoms. The van der Waals surface area contributed by atoms with Crippen LogP contribution in [0.4, 0.5) is 4.39 Å². The normalized spacial score (nSPS) is 15.0. The van der Waals surface area contributed by atoms with E-state index in [9.17, 15) is 9.18 Å². The molecular formula is C28H26FNO3. The van der Waals surface area contributed by atoms with Gasteiger partial charge in [0, 0.05) is 30.4 Å². The molecule has 5 heteroatoms. The zero-order valence-corrected chi connectivity index (χ0v) is 18.7. The summed E-state index contributed by atoms with van der Waals surface area (Å²) in [6.07, 6.45) is 0. The number of aliphatic carboxylic acids is 1. The molecule has 33 heavy (non-hydrogen) atoms. The summed E-state index contributed by atoms with van der Waals surface area (Å²) in [5, 5.41) is 9.95. The van der Waals surface area contributed by atoms with Gasteiger partial charge in [0.15, 0.2) is 0 Å². The van der Waals surface area contributed by atoms with Gasteiger partial charge in [-0.3, -0.25) is 9.69 Å². The van der Waals surface area contributed by atoms with Crippen molar-refractivity contribution in [2.75, 3.05) is 13.1 Å². The standard InChI is InChI=1S/C28H26FNO3/c1-28(2,21-6-4-3-5-7-21)22-9-11-25-19(13-22)14-26(33-25)23-10-8-18(12-24(23)29)15-30-16-20(17-30)27(31)32/h3-14,20H,15-17H2,1-2H3,(H,31,32). The molecular weight excluding hydrogens is 417 g/mol. The van der Waals surface area contributed by atoms with E-state index in [2.05, 4.69) is 38.1 Å². The number of rotatable bonds is 6. The van der Waals surface area contributed by atoms with Crippen LogP contribution < -0.4 is 0 Å². The van der Waals surface area contributed by atoms with Crippen LogP contribution in [0.5, 0.6) is 0 Å². The molecule has 4 nitrogen and oxygen atoms in total. The zero-order chi connectivity index (χ0) is 23.2. The van der Waals surface area contributed by atoms with Gasteiger partial charge in [0.2, 0.25) is 0 Å². The molecule has 1 fully saturated rings. The first-order valence-electron chi connectivity index (χ1n) is 11.1. The molecule has 1 aromatic heterocycles. The van der Waals surface area contributed by atoms with Gasteiger partial charge in [0.25, 0.3) is 0 Å².